The zero-order valence-corrected chi connectivity index (χ0v) is 14.5. The Hall–Kier alpha value is -3.42. The smallest absolute Gasteiger partial charge is 0.274 e. The number of para-hydroxylation sites is 1. The van der Waals surface area contributed by atoms with Gasteiger partial charge < -0.3 is 10.1 Å². The fourth-order valence-corrected chi connectivity index (χ4v) is 4.14. The maximum atomic E-state index is 11.5. The van der Waals surface area contributed by atoms with E-state index in [1.807, 2.05) is 12.2 Å². The Morgan fingerprint density at radius 3 is 2.59 bits per heavy atom. The van der Waals surface area contributed by atoms with Crippen molar-refractivity contribution in [1.29, 1.82) is 0 Å². The number of allylic oxidation sites excluding steroid dienone is 2. The summed E-state index contributed by atoms with van der Waals surface area (Å²) in [4.78, 5) is 22.0. The molecule has 27 heavy (non-hydrogen) atoms. The van der Waals surface area contributed by atoms with Crippen LogP contribution in [0.4, 0.5) is 17.1 Å². The van der Waals surface area contributed by atoms with Gasteiger partial charge in [-0.15, -0.1) is 0 Å². The predicted molar refractivity (Wildman–Crippen MR) is 99.1 cm³/mol. The maximum Gasteiger partial charge on any atom is 0.274 e. The minimum absolute atomic E-state index is 0.0319. The fraction of sp³-hybridized carbons (Fsp3) is 0.263. The number of non-ortho nitro benzene ring substituents is 1. The van der Waals surface area contributed by atoms with E-state index >= 15 is 0 Å². The number of nitrogens with zero attached hydrogens (tertiary/aromatic N) is 2. The second-order valence-corrected chi connectivity index (χ2v) is 6.66. The van der Waals surface area contributed by atoms with Crippen LogP contribution in [0.5, 0.6) is 5.75 Å². The lowest BCUT2D eigenvalue weighted by Crippen LogP contribution is -2.30. The molecular formula is C19H17N3O5. The van der Waals surface area contributed by atoms with Crippen LogP contribution in [0.1, 0.15) is 29.5 Å². The normalized spacial score (nSPS) is 22.5. The lowest BCUT2D eigenvalue weighted by molar-refractivity contribution is -0.385. The first-order chi connectivity index (χ1) is 13.0. The van der Waals surface area contributed by atoms with Crippen LogP contribution in [-0.2, 0) is 0 Å². The molecule has 2 aliphatic rings. The van der Waals surface area contributed by atoms with E-state index in [9.17, 15) is 20.2 Å². The number of nitro groups is 2. The molecular weight excluding hydrogens is 350 g/mol. The van der Waals surface area contributed by atoms with Crippen LogP contribution < -0.4 is 10.1 Å². The second kappa shape index (κ2) is 6.39. The predicted octanol–water partition coefficient (Wildman–Crippen LogP) is 4.34. The highest BCUT2D eigenvalue weighted by Gasteiger charge is 2.42. The monoisotopic (exact) mass is 367 g/mol. The molecule has 0 aromatic heterocycles. The molecule has 1 aliphatic heterocycles. The summed E-state index contributed by atoms with van der Waals surface area (Å²) in [6.07, 6.45) is 4.79. The molecule has 8 nitrogen and oxygen atoms in total. The zero-order valence-electron chi connectivity index (χ0n) is 14.5. The summed E-state index contributed by atoms with van der Waals surface area (Å²) in [7, 11) is 1.46. The van der Waals surface area contributed by atoms with Crippen LogP contribution >= 0.6 is 0 Å². The first-order valence-corrected chi connectivity index (χ1v) is 8.54. The number of hydrogen-bond donors (Lipinski definition) is 1. The molecule has 0 bridgehead atoms. The zero-order chi connectivity index (χ0) is 19.1. The number of methoxy groups -OCH3 is 1. The maximum absolute atomic E-state index is 11.5. The van der Waals surface area contributed by atoms with Crippen molar-refractivity contribution < 1.29 is 14.6 Å². The molecule has 0 saturated heterocycles. The molecule has 4 rings (SSSR count). The van der Waals surface area contributed by atoms with Crippen LogP contribution in [0.3, 0.4) is 0 Å². The topological polar surface area (TPSA) is 108 Å². The summed E-state index contributed by atoms with van der Waals surface area (Å²) < 4.78 is 5.39. The standard InChI is InChI=1S/C19H17N3O5/c1-27-17-10-11(21(23)24)9-15-12-6-4-7-13(12)18(20-19(15)17)14-5-2-3-8-16(14)22(25)26/h2-6,8-10,12-13,18,20H,7H2,1H3/t12?,13?,18-/m0/s1. The summed E-state index contributed by atoms with van der Waals surface area (Å²) in [5, 5.41) is 26.2. The van der Waals surface area contributed by atoms with Gasteiger partial charge in [0.15, 0.2) is 0 Å². The fourth-order valence-electron chi connectivity index (χ4n) is 4.14. The molecule has 138 valence electrons. The van der Waals surface area contributed by atoms with Gasteiger partial charge >= 0.3 is 0 Å². The molecule has 8 heteroatoms. The van der Waals surface area contributed by atoms with E-state index in [4.69, 9.17) is 4.74 Å². The Morgan fingerprint density at radius 1 is 1.11 bits per heavy atom. The van der Waals surface area contributed by atoms with E-state index in [-0.39, 0.29) is 34.2 Å². The molecule has 2 aromatic carbocycles. The van der Waals surface area contributed by atoms with E-state index in [1.54, 1.807) is 24.3 Å². The third kappa shape index (κ3) is 2.69. The SMILES string of the molecule is COc1cc([N+](=O)[O-])cc2c1N[C@H](c1ccccc1[N+](=O)[O-])C1CC=CC21. The Labute approximate surface area is 154 Å². The molecule has 0 radical (unpaired) electrons. The molecule has 1 N–H and O–H groups in total. The summed E-state index contributed by atoms with van der Waals surface area (Å²) in [6, 6.07) is 9.33. The highest BCUT2D eigenvalue weighted by molar-refractivity contribution is 5.71. The van der Waals surface area contributed by atoms with Gasteiger partial charge in [0, 0.05) is 18.1 Å². The third-order valence-corrected chi connectivity index (χ3v) is 5.32. The number of nitro benzene ring substituents is 2. The van der Waals surface area contributed by atoms with Gasteiger partial charge in [0.05, 0.1) is 40.3 Å². The van der Waals surface area contributed by atoms with Crippen molar-refractivity contribution in [3.05, 3.63) is 79.9 Å². The average molecular weight is 367 g/mol. The summed E-state index contributed by atoms with van der Waals surface area (Å²) >= 11 is 0. The summed E-state index contributed by atoms with van der Waals surface area (Å²) in [5.41, 5.74) is 2.07. The van der Waals surface area contributed by atoms with Crippen LogP contribution in [0, 0.1) is 26.1 Å². The van der Waals surface area contributed by atoms with Gasteiger partial charge in [0.25, 0.3) is 11.4 Å². The van der Waals surface area contributed by atoms with Crippen LogP contribution in [0.15, 0.2) is 48.6 Å². The lowest BCUT2D eigenvalue weighted by Gasteiger charge is -2.37. The first-order valence-electron chi connectivity index (χ1n) is 8.54. The lowest BCUT2D eigenvalue weighted by atomic mass is 9.76. The second-order valence-electron chi connectivity index (χ2n) is 6.66. The number of ether oxygens (including phenoxy) is 1. The average Bonchev–Trinajstić information content (AvgIpc) is 3.16. The quantitative estimate of drug-likeness (QED) is 0.489. The van der Waals surface area contributed by atoms with Gasteiger partial charge in [-0.25, -0.2) is 0 Å². The van der Waals surface area contributed by atoms with Gasteiger partial charge in [-0.2, -0.15) is 0 Å². The minimum atomic E-state index is -0.440. The molecule has 0 spiro atoms. The van der Waals surface area contributed by atoms with E-state index in [0.717, 1.165) is 12.0 Å². The van der Waals surface area contributed by atoms with Crippen LogP contribution in [0.25, 0.3) is 0 Å². The number of anilines is 1. The van der Waals surface area contributed by atoms with Gasteiger partial charge in [-0.1, -0.05) is 30.4 Å². The molecule has 3 atom stereocenters. The number of hydrogen-bond acceptors (Lipinski definition) is 6. The molecule has 0 amide bonds. The van der Waals surface area contributed by atoms with E-state index < -0.39 is 4.92 Å². The van der Waals surface area contributed by atoms with Gasteiger partial charge in [-0.05, 0) is 17.9 Å². The van der Waals surface area contributed by atoms with Crippen molar-refractivity contribution in [3.63, 3.8) is 0 Å². The first kappa shape index (κ1) is 17.0. The highest BCUT2D eigenvalue weighted by atomic mass is 16.6. The van der Waals surface area contributed by atoms with Crippen molar-refractivity contribution in [3.8, 4) is 5.75 Å². The molecule has 1 heterocycles. The Morgan fingerprint density at radius 2 is 1.89 bits per heavy atom. The Bertz CT molecular complexity index is 972. The third-order valence-electron chi connectivity index (χ3n) is 5.32. The molecule has 0 saturated carbocycles. The molecule has 1 aliphatic carbocycles. The van der Waals surface area contributed by atoms with Crippen molar-refractivity contribution >= 4 is 17.1 Å². The van der Waals surface area contributed by atoms with E-state index in [2.05, 4.69) is 5.32 Å². The van der Waals surface area contributed by atoms with Crippen molar-refractivity contribution in [2.75, 3.05) is 12.4 Å². The van der Waals surface area contributed by atoms with E-state index in [1.165, 1.54) is 19.2 Å². The van der Waals surface area contributed by atoms with Gasteiger partial charge in [0.1, 0.15) is 5.75 Å². The highest BCUT2D eigenvalue weighted by Crippen LogP contribution is 2.54. The molecule has 0 fully saturated rings. The Balaban J connectivity index is 1.88. The number of fused-ring (bicyclic) bond motifs is 3. The van der Waals surface area contributed by atoms with Gasteiger partial charge in [0.2, 0.25) is 0 Å². The number of benzene rings is 2. The van der Waals surface area contributed by atoms with Crippen molar-refractivity contribution in [2.45, 2.75) is 18.4 Å². The Kier molecular flexibility index (Phi) is 4.02. The largest absolute Gasteiger partial charge is 0.494 e. The number of rotatable bonds is 4. The van der Waals surface area contributed by atoms with Crippen LogP contribution in [-0.4, -0.2) is 17.0 Å². The van der Waals surface area contributed by atoms with Crippen molar-refractivity contribution in [1.82, 2.24) is 0 Å². The van der Waals surface area contributed by atoms with Gasteiger partial charge in [-0.3, -0.25) is 20.2 Å². The summed E-state index contributed by atoms with van der Waals surface area (Å²) in [6.45, 7) is 0. The molecule has 2 aromatic rings. The van der Waals surface area contributed by atoms with Crippen molar-refractivity contribution in [2.24, 2.45) is 5.92 Å². The van der Waals surface area contributed by atoms with Crippen LogP contribution in [0.2, 0.25) is 0 Å². The van der Waals surface area contributed by atoms with E-state index in [0.29, 0.717) is 17.0 Å². The molecule has 2 unspecified atom stereocenters. The number of nitrogens with one attached hydrogen (secondary N) is 1. The summed E-state index contributed by atoms with van der Waals surface area (Å²) in [5.74, 6) is 0.326. The minimum Gasteiger partial charge on any atom is -0.494 e.